The summed E-state index contributed by atoms with van der Waals surface area (Å²) in [5, 5.41) is 3.68. The summed E-state index contributed by atoms with van der Waals surface area (Å²) in [4.78, 5) is 28.3. The Bertz CT molecular complexity index is 977. The molecule has 2 heterocycles. The molecular formula is C21H18N2O4. The molecular weight excluding hydrogens is 344 g/mol. The van der Waals surface area contributed by atoms with Crippen LogP contribution in [0.25, 0.3) is 10.9 Å². The Hall–Kier alpha value is -3.41. The van der Waals surface area contributed by atoms with E-state index in [9.17, 15) is 9.59 Å². The number of esters is 1. The van der Waals surface area contributed by atoms with Gasteiger partial charge >= 0.3 is 5.97 Å². The number of carbonyl (C=O) groups is 2. The highest BCUT2D eigenvalue weighted by atomic mass is 16.5. The number of nitrogens with zero attached hydrogens (tertiary/aromatic N) is 1. The number of amides is 1. The zero-order valence-corrected chi connectivity index (χ0v) is 14.6. The van der Waals surface area contributed by atoms with Crippen molar-refractivity contribution in [3.05, 3.63) is 71.9 Å². The van der Waals surface area contributed by atoms with Crippen LogP contribution < -0.4 is 10.1 Å². The average molecular weight is 362 g/mol. The quantitative estimate of drug-likeness (QED) is 0.706. The Balaban J connectivity index is 1.26. The molecule has 3 aromatic rings. The highest BCUT2D eigenvalue weighted by Crippen LogP contribution is 2.27. The molecule has 1 aromatic heterocycles. The number of aromatic nitrogens is 1. The molecule has 6 heteroatoms. The van der Waals surface area contributed by atoms with Crippen LogP contribution in [0.3, 0.4) is 0 Å². The fraction of sp³-hybridized carbons (Fsp3) is 0.190. The summed E-state index contributed by atoms with van der Waals surface area (Å²) in [7, 11) is 0. The second-order valence-corrected chi connectivity index (χ2v) is 6.34. The van der Waals surface area contributed by atoms with Crippen molar-refractivity contribution in [3.8, 4) is 5.75 Å². The smallest absolute Gasteiger partial charge is 0.338 e. The van der Waals surface area contributed by atoms with E-state index in [0.717, 1.165) is 23.1 Å². The molecule has 0 spiro atoms. The molecule has 1 unspecified atom stereocenters. The summed E-state index contributed by atoms with van der Waals surface area (Å²) in [6.45, 7) is 0.0315. The lowest BCUT2D eigenvalue weighted by Crippen LogP contribution is -2.36. The van der Waals surface area contributed by atoms with Gasteiger partial charge in [0.25, 0.3) is 5.91 Å². The molecule has 6 nitrogen and oxygen atoms in total. The van der Waals surface area contributed by atoms with Gasteiger partial charge in [-0.15, -0.1) is 0 Å². The van der Waals surface area contributed by atoms with Crippen LogP contribution in [-0.4, -0.2) is 36.1 Å². The van der Waals surface area contributed by atoms with Gasteiger partial charge in [0, 0.05) is 18.0 Å². The van der Waals surface area contributed by atoms with E-state index >= 15 is 0 Å². The van der Waals surface area contributed by atoms with Gasteiger partial charge in [-0.3, -0.25) is 9.78 Å². The van der Waals surface area contributed by atoms with Crippen LogP contribution in [0.5, 0.6) is 5.75 Å². The lowest BCUT2D eigenvalue weighted by Gasteiger charge is -2.12. The van der Waals surface area contributed by atoms with Gasteiger partial charge in [0.2, 0.25) is 0 Å². The lowest BCUT2D eigenvalue weighted by molar-refractivity contribution is -0.124. The maximum Gasteiger partial charge on any atom is 0.338 e. The van der Waals surface area contributed by atoms with Crippen LogP contribution in [0.4, 0.5) is 0 Å². The van der Waals surface area contributed by atoms with Gasteiger partial charge in [-0.25, -0.2) is 4.79 Å². The highest BCUT2D eigenvalue weighted by molar-refractivity contribution is 5.95. The first-order valence-electron chi connectivity index (χ1n) is 8.72. The van der Waals surface area contributed by atoms with E-state index in [1.807, 2.05) is 36.4 Å². The molecule has 0 fully saturated rings. The summed E-state index contributed by atoms with van der Waals surface area (Å²) in [6, 6.07) is 16.7. The highest BCUT2D eigenvalue weighted by Gasteiger charge is 2.22. The number of carbonyl (C=O) groups excluding carboxylic acids is 2. The Labute approximate surface area is 156 Å². The fourth-order valence-corrected chi connectivity index (χ4v) is 3.05. The van der Waals surface area contributed by atoms with Crippen LogP contribution in [0.15, 0.2) is 60.8 Å². The minimum Gasteiger partial charge on any atom is -0.488 e. The van der Waals surface area contributed by atoms with Gasteiger partial charge in [0.1, 0.15) is 11.9 Å². The second kappa shape index (κ2) is 7.45. The molecule has 1 aliphatic heterocycles. The van der Waals surface area contributed by atoms with E-state index in [4.69, 9.17) is 9.47 Å². The van der Waals surface area contributed by atoms with Crippen molar-refractivity contribution < 1.29 is 19.1 Å². The SMILES string of the molecule is O=C(COC(=O)c1ccc2cccnc2c1)NCC1Cc2ccccc2O1. The van der Waals surface area contributed by atoms with Gasteiger partial charge in [0.05, 0.1) is 17.6 Å². The van der Waals surface area contributed by atoms with Crippen LogP contribution in [0, 0.1) is 0 Å². The predicted octanol–water partition coefficient (Wildman–Crippen LogP) is 2.51. The third-order valence-electron chi connectivity index (χ3n) is 4.42. The number of benzene rings is 2. The van der Waals surface area contributed by atoms with Crippen LogP contribution >= 0.6 is 0 Å². The first-order chi connectivity index (χ1) is 13.2. The van der Waals surface area contributed by atoms with E-state index in [1.54, 1.807) is 24.4 Å². The largest absolute Gasteiger partial charge is 0.488 e. The second-order valence-electron chi connectivity index (χ2n) is 6.34. The number of fused-ring (bicyclic) bond motifs is 2. The molecule has 27 heavy (non-hydrogen) atoms. The summed E-state index contributed by atoms with van der Waals surface area (Å²) >= 11 is 0. The molecule has 1 amide bonds. The Morgan fingerprint density at radius 3 is 2.93 bits per heavy atom. The van der Waals surface area contributed by atoms with E-state index in [2.05, 4.69) is 10.3 Å². The molecule has 0 radical (unpaired) electrons. The number of hydrogen-bond acceptors (Lipinski definition) is 5. The third-order valence-corrected chi connectivity index (χ3v) is 4.42. The Morgan fingerprint density at radius 1 is 1.15 bits per heavy atom. The molecule has 0 bridgehead atoms. The van der Waals surface area contributed by atoms with E-state index < -0.39 is 5.97 Å². The number of ether oxygens (including phenoxy) is 2. The number of pyridine rings is 1. The summed E-state index contributed by atoms with van der Waals surface area (Å²) in [6.07, 6.45) is 2.31. The Morgan fingerprint density at radius 2 is 2.04 bits per heavy atom. The zero-order chi connectivity index (χ0) is 18.6. The first-order valence-corrected chi connectivity index (χ1v) is 8.72. The van der Waals surface area contributed by atoms with Crippen molar-refractivity contribution in [1.82, 2.24) is 10.3 Å². The van der Waals surface area contributed by atoms with Crippen molar-refractivity contribution in [2.75, 3.05) is 13.2 Å². The van der Waals surface area contributed by atoms with Crippen LogP contribution in [0.1, 0.15) is 15.9 Å². The van der Waals surface area contributed by atoms with Gasteiger partial charge < -0.3 is 14.8 Å². The zero-order valence-electron chi connectivity index (χ0n) is 14.6. The number of nitrogens with one attached hydrogen (secondary N) is 1. The van der Waals surface area contributed by atoms with Crippen molar-refractivity contribution in [1.29, 1.82) is 0 Å². The maximum atomic E-state index is 12.1. The fourth-order valence-electron chi connectivity index (χ4n) is 3.05. The van der Waals surface area contributed by atoms with Crippen molar-refractivity contribution in [2.45, 2.75) is 12.5 Å². The van der Waals surface area contributed by atoms with E-state index in [-0.39, 0.29) is 18.6 Å². The standard InChI is InChI=1S/C21H18N2O4/c24-20(23-12-17-10-15-4-1-2-6-19(15)27-17)13-26-21(25)16-8-7-14-5-3-9-22-18(14)11-16/h1-9,11,17H,10,12-13H2,(H,23,24). The van der Waals surface area contributed by atoms with E-state index in [0.29, 0.717) is 17.6 Å². The molecule has 1 atom stereocenters. The molecule has 136 valence electrons. The van der Waals surface area contributed by atoms with Crippen LogP contribution in [-0.2, 0) is 16.0 Å². The van der Waals surface area contributed by atoms with Gasteiger partial charge in [-0.2, -0.15) is 0 Å². The molecule has 0 saturated heterocycles. The molecule has 2 aromatic carbocycles. The minimum atomic E-state index is -0.553. The topological polar surface area (TPSA) is 77.5 Å². The maximum absolute atomic E-state index is 12.1. The monoisotopic (exact) mass is 362 g/mol. The summed E-state index contributed by atoms with van der Waals surface area (Å²) < 4.78 is 10.9. The summed E-state index contributed by atoms with van der Waals surface area (Å²) in [5.41, 5.74) is 2.20. The molecule has 1 N–H and O–H groups in total. The number of rotatable bonds is 5. The van der Waals surface area contributed by atoms with Crippen molar-refractivity contribution in [3.63, 3.8) is 0 Å². The normalized spacial score (nSPS) is 15.0. The van der Waals surface area contributed by atoms with Gasteiger partial charge in [0.15, 0.2) is 6.61 Å². The van der Waals surface area contributed by atoms with Crippen molar-refractivity contribution in [2.24, 2.45) is 0 Å². The van der Waals surface area contributed by atoms with Crippen molar-refractivity contribution >= 4 is 22.8 Å². The van der Waals surface area contributed by atoms with E-state index in [1.165, 1.54) is 0 Å². The average Bonchev–Trinajstić information content (AvgIpc) is 3.13. The van der Waals surface area contributed by atoms with Crippen LogP contribution in [0.2, 0.25) is 0 Å². The Kier molecular flexibility index (Phi) is 4.70. The number of hydrogen-bond donors (Lipinski definition) is 1. The number of para-hydroxylation sites is 1. The summed E-state index contributed by atoms with van der Waals surface area (Å²) in [5.74, 6) is -0.0582. The molecule has 0 aliphatic carbocycles. The minimum absolute atomic E-state index is 0.103. The lowest BCUT2D eigenvalue weighted by atomic mass is 10.1. The van der Waals surface area contributed by atoms with Gasteiger partial charge in [-0.1, -0.05) is 30.3 Å². The third kappa shape index (κ3) is 3.89. The predicted molar refractivity (Wildman–Crippen MR) is 99.6 cm³/mol. The molecule has 4 rings (SSSR count). The molecule has 1 aliphatic rings. The molecule has 0 saturated carbocycles. The van der Waals surface area contributed by atoms with Gasteiger partial charge in [-0.05, 0) is 29.8 Å². The first kappa shape index (κ1) is 17.0.